The Hall–Kier alpha value is -2.40. The minimum Gasteiger partial charge on any atom is -0.463 e. The van der Waals surface area contributed by atoms with Crippen molar-refractivity contribution < 1.29 is 9.21 Å². The number of nitrogens with zero attached hydrogens (tertiary/aromatic N) is 1. The molecule has 100 valence electrons. The van der Waals surface area contributed by atoms with Crippen molar-refractivity contribution in [3.8, 4) is 0 Å². The van der Waals surface area contributed by atoms with E-state index in [2.05, 4.69) is 10.5 Å². The second-order valence-corrected chi connectivity index (χ2v) is 4.79. The molecule has 20 heavy (non-hydrogen) atoms. The molecule has 1 aromatic heterocycles. The predicted molar refractivity (Wildman–Crippen MR) is 76.7 cm³/mol. The molecule has 0 saturated carbocycles. The van der Waals surface area contributed by atoms with Crippen LogP contribution in [0, 0.1) is 0 Å². The zero-order valence-corrected chi connectivity index (χ0v) is 11.2. The number of halogens is 1. The number of fused-ring (bicyclic) bond motifs is 1. The third-order valence-electron chi connectivity index (χ3n) is 3.02. The molecule has 1 amide bonds. The predicted octanol–water partition coefficient (Wildman–Crippen LogP) is 2.34. The number of hydrogen-bond donors (Lipinski definition) is 1. The van der Waals surface area contributed by atoms with Gasteiger partial charge in [0.15, 0.2) is 5.43 Å². The monoisotopic (exact) mass is 288 g/mol. The molecule has 1 aliphatic rings. The van der Waals surface area contributed by atoms with Crippen molar-refractivity contribution in [2.24, 2.45) is 5.10 Å². The van der Waals surface area contributed by atoms with E-state index in [1.165, 1.54) is 12.3 Å². The second kappa shape index (κ2) is 4.61. The summed E-state index contributed by atoms with van der Waals surface area (Å²) in [6.45, 7) is 1.68. The number of hydrogen-bond acceptors (Lipinski definition) is 4. The van der Waals surface area contributed by atoms with Crippen LogP contribution in [-0.4, -0.2) is 11.6 Å². The molecule has 0 radical (unpaired) electrons. The lowest BCUT2D eigenvalue weighted by Crippen LogP contribution is -2.14. The topological polar surface area (TPSA) is 71.7 Å². The summed E-state index contributed by atoms with van der Waals surface area (Å²) < 4.78 is 5.38. The van der Waals surface area contributed by atoms with Crippen molar-refractivity contribution in [2.75, 3.05) is 0 Å². The molecule has 0 spiro atoms. The highest BCUT2D eigenvalue weighted by molar-refractivity contribution is 6.31. The van der Waals surface area contributed by atoms with Gasteiger partial charge in [-0.25, -0.2) is 5.43 Å². The minimum absolute atomic E-state index is 0.242. The van der Waals surface area contributed by atoms with Gasteiger partial charge in [0.05, 0.1) is 22.2 Å². The molecule has 3 rings (SSSR count). The number of carbonyl (C=O) groups excluding carboxylic acids is 1. The Morgan fingerprint density at radius 2 is 2.15 bits per heavy atom. The highest BCUT2D eigenvalue weighted by atomic mass is 35.5. The number of benzene rings is 1. The maximum Gasteiger partial charge on any atom is 0.273 e. The Balaban J connectivity index is 2.21. The summed E-state index contributed by atoms with van der Waals surface area (Å²) >= 11 is 5.88. The molecule has 1 aromatic carbocycles. The van der Waals surface area contributed by atoms with Gasteiger partial charge >= 0.3 is 0 Å². The maximum atomic E-state index is 12.3. The molecule has 0 fully saturated rings. The molecule has 0 unspecified atom stereocenters. The van der Waals surface area contributed by atoms with Crippen molar-refractivity contribution >= 4 is 40.3 Å². The van der Waals surface area contributed by atoms with E-state index in [0.717, 1.165) is 0 Å². The summed E-state index contributed by atoms with van der Waals surface area (Å²) in [7, 11) is 0. The first-order chi connectivity index (χ1) is 9.56. The molecule has 0 bridgehead atoms. The minimum atomic E-state index is -0.340. The summed E-state index contributed by atoms with van der Waals surface area (Å²) in [5, 5.41) is 4.62. The first-order valence-corrected chi connectivity index (χ1v) is 6.22. The van der Waals surface area contributed by atoms with Crippen LogP contribution >= 0.6 is 11.6 Å². The smallest absolute Gasteiger partial charge is 0.273 e. The average Bonchev–Trinajstić information content (AvgIpc) is 2.74. The lowest BCUT2D eigenvalue weighted by atomic mass is 10.1. The maximum absolute atomic E-state index is 12.3. The zero-order valence-electron chi connectivity index (χ0n) is 10.4. The van der Waals surface area contributed by atoms with Gasteiger partial charge in [0.1, 0.15) is 11.8 Å². The molecular weight excluding hydrogens is 280 g/mol. The van der Waals surface area contributed by atoms with Gasteiger partial charge in [0.25, 0.3) is 5.91 Å². The lowest BCUT2D eigenvalue weighted by molar-refractivity contribution is -0.116. The summed E-state index contributed by atoms with van der Waals surface area (Å²) in [6.07, 6.45) is 2.79. The standard InChI is InChI=1S/C14H9ClN2O3/c1-7-10(14(19)17-16-7)4-8-6-20-12-3-2-9(15)5-11(12)13(8)18/h2-6H,1H3,(H,17,19)/b10-4+. The van der Waals surface area contributed by atoms with Crippen molar-refractivity contribution in [3.63, 3.8) is 0 Å². The Bertz CT molecular complexity index is 849. The van der Waals surface area contributed by atoms with Crippen LogP contribution in [0.1, 0.15) is 12.5 Å². The van der Waals surface area contributed by atoms with Gasteiger partial charge in [-0.2, -0.15) is 5.10 Å². The van der Waals surface area contributed by atoms with Crippen LogP contribution in [0.2, 0.25) is 5.02 Å². The van der Waals surface area contributed by atoms with Gasteiger partial charge in [0.2, 0.25) is 0 Å². The molecule has 6 heteroatoms. The molecule has 1 N–H and O–H groups in total. The Kier molecular flexibility index (Phi) is 2.91. The van der Waals surface area contributed by atoms with E-state index in [9.17, 15) is 9.59 Å². The molecule has 5 nitrogen and oxygen atoms in total. The van der Waals surface area contributed by atoms with Crippen LogP contribution in [0.15, 0.2) is 44.3 Å². The molecular formula is C14H9ClN2O3. The number of rotatable bonds is 1. The second-order valence-electron chi connectivity index (χ2n) is 4.36. The van der Waals surface area contributed by atoms with E-state index in [0.29, 0.717) is 27.3 Å². The molecule has 1 aliphatic heterocycles. The number of carbonyl (C=O) groups is 1. The summed E-state index contributed by atoms with van der Waals surface area (Å²) in [5.41, 5.74) is 3.69. The quantitative estimate of drug-likeness (QED) is 0.819. The average molecular weight is 289 g/mol. The van der Waals surface area contributed by atoms with Crippen LogP contribution in [0.3, 0.4) is 0 Å². The highest BCUT2D eigenvalue weighted by Crippen LogP contribution is 2.18. The van der Waals surface area contributed by atoms with Crippen LogP contribution in [0.5, 0.6) is 0 Å². The molecule has 2 heterocycles. The van der Waals surface area contributed by atoms with Gasteiger partial charge in [-0.1, -0.05) is 11.6 Å². The SMILES string of the molecule is CC1=NNC(=O)/C1=C/c1coc2ccc(Cl)cc2c1=O. The van der Waals surface area contributed by atoms with E-state index in [1.807, 2.05) is 0 Å². The summed E-state index contributed by atoms with van der Waals surface area (Å²) in [6, 6.07) is 4.82. The lowest BCUT2D eigenvalue weighted by Gasteiger charge is -2.00. The summed E-state index contributed by atoms with van der Waals surface area (Å²) in [4.78, 5) is 23.9. The van der Waals surface area contributed by atoms with Gasteiger partial charge in [-0.15, -0.1) is 0 Å². The van der Waals surface area contributed by atoms with E-state index in [1.54, 1.807) is 25.1 Å². The fourth-order valence-electron chi connectivity index (χ4n) is 1.96. The van der Waals surface area contributed by atoms with Gasteiger partial charge in [-0.05, 0) is 31.2 Å². The first kappa shape index (κ1) is 12.6. The zero-order chi connectivity index (χ0) is 14.3. The van der Waals surface area contributed by atoms with Crippen LogP contribution in [0.25, 0.3) is 17.0 Å². The van der Waals surface area contributed by atoms with E-state index >= 15 is 0 Å². The van der Waals surface area contributed by atoms with Crippen LogP contribution in [0.4, 0.5) is 0 Å². The van der Waals surface area contributed by atoms with Crippen LogP contribution < -0.4 is 10.9 Å². The van der Waals surface area contributed by atoms with E-state index in [4.69, 9.17) is 16.0 Å². The largest absolute Gasteiger partial charge is 0.463 e. The van der Waals surface area contributed by atoms with Crippen molar-refractivity contribution in [3.05, 3.63) is 50.8 Å². The normalized spacial score (nSPS) is 16.6. The fourth-order valence-corrected chi connectivity index (χ4v) is 2.13. The third kappa shape index (κ3) is 2.02. The molecule has 0 saturated heterocycles. The van der Waals surface area contributed by atoms with E-state index in [-0.39, 0.29) is 16.9 Å². The Labute approximate surface area is 118 Å². The van der Waals surface area contributed by atoms with E-state index < -0.39 is 0 Å². The highest BCUT2D eigenvalue weighted by Gasteiger charge is 2.19. The Morgan fingerprint density at radius 3 is 2.85 bits per heavy atom. The number of nitrogens with one attached hydrogen (secondary N) is 1. The fraction of sp³-hybridized carbons (Fsp3) is 0.0714. The van der Waals surface area contributed by atoms with Crippen LogP contribution in [-0.2, 0) is 4.79 Å². The van der Waals surface area contributed by atoms with Gasteiger partial charge < -0.3 is 4.42 Å². The molecule has 0 atom stereocenters. The Morgan fingerprint density at radius 1 is 1.35 bits per heavy atom. The summed E-state index contributed by atoms with van der Waals surface area (Å²) in [5.74, 6) is -0.340. The number of hydrazone groups is 1. The van der Waals surface area contributed by atoms with Crippen molar-refractivity contribution in [2.45, 2.75) is 6.92 Å². The first-order valence-electron chi connectivity index (χ1n) is 5.84. The van der Waals surface area contributed by atoms with Crippen molar-refractivity contribution in [1.29, 1.82) is 0 Å². The van der Waals surface area contributed by atoms with Crippen molar-refractivity contribution in [1.82, 2.24) is 5.43 Å². The molecule has 2 aromatic rings. The molecule has 0 aliphatic carbocycles. The number of amides is 1. The van der Waals surface area contributed by atoms with Gasteiger partial charge in [-0.3, -0.25) is 9.59 Å². The van der Waals surface area contributed by atoms with Gasteiger partial charge in [0, 0.05) is 5.02 Å². The third-order valence-corrected chi connectivity index (χ3v) is 3.26.